The van der Waals surface area contributed by atoms with Crippen LogP contribution < -0.4 is 10.4 Å². The molecule has 168 valence electrons. The summed E-state index contributed by atoms with van der Waals surface area (Å²) in [6.45, 7) is 6.34. The minimum atomic E-state index is -2.87. The predicted molar refractivity (Wildman–Crippen MR) is 109 cm³/mol. The lowest BCUT2D eigenvalue weighted by Crippen LogP contribution is -2.47. The van der Waals surface area contributed by atoms with Crippen molar-refractivity contribution >= 4 is 42.7 Å². The molecule has 1 aromatic rings. The van der Waals surface area contributed by atoms with Crippen molar-refractivity contribution in [3.05, 3.63) is 29.8 Å². The molecule has 31 heavy (non-hydrogen) atoms. The molecule has 1 rings (SSSR count). The molecule has 10 nitrogen and oxygen atoms in total. The number of anilines is 1. The van der Waals surface area contributed by atoms with Crippen molar-refractivity contribution in [1.29, 1.82) is 0 Å². The van der Waals surface area contributed by atoms with Gasteiger partial charge in [0.05, 0.1) is 24.9 Å². The Morgan fingerprint density at radius 1 is 1.16 bits per heavy atom. The Kier molecular flexibility index (Phi) is 9.89. The molecule has 0 bridgehead atoms. The summed E-state index contributed by atoms with van der Waals surface area (Å²) in [5.74, 6) is -3.24. The Balaban J connectivity index is 3.03. The normalized spacial score (nSPS) is 11.3. The van der Waals surface area contributed by atoms with Crippen LogP contribution in [0.25, 0.3) is 0 Å². The minimum Gasteiger partial charge on any atom is -0.467 e. The quantitative estimate of drug-likeness (QED) is 0.225. The average Bonchev–Trinajstić information content (AvgIpc) is 2.74. The number of ketones is 1. The molecule has 0 aliphatic carbocycles. The van der Waals surface area contributed by atoms with Crippen LogP contribution in [0.5, 0.6) is 0 Å². The molecule has 0 aliphatic heterocycles. The van der Waals surface area contributed by atoms with Crippen LogP contribution in [0.1, 0.15) is 23.7 Å². The van der Waals surface area contributed by atoms with E-state index in [1.807, 2.05) is 0 Å². The van der Waals surface area contributed by atoms with Crippen LogP contribution in [0.15, 0.2) is 34.5 Å². The molecule has 0 heterocycles. The number of Topliss-reactive ketones (excluding diaryl/α,β-unsaturated/α-hetero) is 1. The largest absolute Gasteiger partial charge is 0.467 e. The van der Waals surface area contributed by atoms with Crippen molar-refractivity contribution < 1.29 is 32.7 Å². The van der Waals surface area contributed by atoms with E-state index in [2.05, 4.69) is 33.7 Å². The van der Waals surface area contributed by atoms with Gasteiger partial charge in [-0.2, -0.15) is 15.3 Å². The second-order valence-corrected chi connectivity index (χ2v) is 6.12. The number of rotatable bonds is 12. The molecule has 1 aromatic carbocycles. The smallest absolute Gasteiger partial charge is 0.336 e. The third-order valence-corrected chi connectivity index (χ3v) is 4.02. The van der Waals surface area contributed by atoms with Gasteiger partial charge in [-0.05, 0) is 19.1 Å². The predicted octanol–water partition coefficient (Wildman–Crippen LogP) is 1.07. The molecule has 1 unspecified atom stereocenters. The van der Waals surface area contributed by atoms with Gasteiger partial charge in [-0.25, -0.2) is 13.6 Å². The highest BCUT2D eigenvalue weighted by molar-refractivity contribution is 6.04. The second-order valence-electron chi connectivity index (χ2n) is 6.12. The molecule has 0 fully saturated rings. The number of nitrogens with one attached hydrogen (secondary N) is 1. The number of amides is 2. The summed E-state index contributed by atoms with van der Waals surface area (Å²) in [5, 5.41) is 10.3. The number of carbonyl (C=O) groups is 4. The number of para-hydroxylation sites is 1. The summed E-state index contributed by atoms with van der Waals surface area (Å²) in [7, 11) is 1.05. The van der Waals surface area contributed by atoms with Gasteiger partial charge in [0.15, 0.2) is 11.8 Å². The molecular formula is C19H23F2N5O5. The molecule has 0 aromatic heterocycles. The van der Waals surface area contributed by atoms with Crippen LogP contribution >= 0.6 is 0 Å². The molecule has 0 spiro atoms. The highest BCUT2D eigenvalue weighted by atomic mass is 19.3. The molecular weight excluding hydrogens is 416 g/mol. The lowest BCUT2D eigenvalue weighted by atomic mass is 10.1. The van der Waals surface area contributed by atoms with Crippen LogP contribution in [0.4, 0.5) is 14.5 Å². The number of nitrogens with zero attached hydrogens (tertiary/aromatic N) is 4. The number of esters is 1. The van der Waals surface area contributed by atoms with Crippen molar-refractivity contribution in [2.24, 2.45) is 10.2 Å². The van der Waals surface area contributed by atoms with Gasteiger partial charge in [0.25, 0.3) is 12.3 Å². The average molecular weight is 439 g/mol. The molecule has 0 saturated heterocycles. The standard InChI is InChI=1S/C19H23F2N5O5/c1-12(27)17(19(30)31-4)24-16(28)9-10-25(11-15(20)21)18(29)13-7-5-6-8-14(13)26(22-2)23-3/h5-8,15,17H,2-3,9-11H2,1,4H3,(H,24,28). The van der Waals surface area contributed by atoms with Crippen molar-refractivity contribution in [2.75, 3.05) is 25.3 Å². The molecule has 0 aliphatic rings. The Morgan fingerprint density at radius 3 is 2.29 bits per heavy atom. The number of benzene rings is 1. The van der Waals surface area contributed by atoms with Gasteiger partial charge in [0, 0.05) is 26.4 Å². The molecule has 0 saturated carbocycles. The summed E-state index contributed by atoms with van der Waals surface area (Å²) >= 11 is 0. The molecule has 1 atom stereocenters. The van der Waals surface area contributed by atoms with Crippen molar-refractivity contribution in [3.8, 4) is 0 Å². The monoisotopic (exact) mass is 439 g/mol. The summed E-state index contributed by atoms with van der Waals surface area (Å²) in [6.07, 6.45) is -3.31. The van der Waals surface area contributed by atoms with E-state index in [9.17, 15) is 28.0 Å². The van der Waals surface area contributed by atoms with Crippen molar-refractivity contribution in [3.63, 3.8) is 0 Å². The van der Waals surface area contributed by atoms with Gasteiger partial charge in [-0.15, -0.1) is 0 Å². The van der Waals surface area contributed by atoms with Gasteiger partial charge in [-0.3, -0.25) is 14.4 Å². The first-order valence-corrected chi connectivity index (χ1v) is 8.93. The van der Waals surface area contributed by atoms with E-state index in [0.29, 0.717) is 0 Å². The van der Waals surface area contributed by atoms with E-state index in [4.69, 9.17) is 0 Å². The minimum absolute atomic E-state index is 0.0143. The Labute approximate surface area is 177 Å². The fourth-order valence-electron chi connectivity index (χ4n) is 2.55. The zero-order valence-corrected chi connectivity index (χ0v) is 17.1. The number of methoxy groups -OCH3 is 1. The van der Waals surface area contributed by atoms with E-state index in [1.165, 1.54) is 18.2 Å². The fourth-order valence-corrected chi connectivity index (χ4v) is 2.55. The number of halogens is 2. The van der Waals surface area contributed by atoms with Crippen LogP contribution in [0, 0.1) is 0 Å². The van der Waals surface area contributed by atoms with Gasteiger partial charge in [-0.1, -0.05) is 12.1 Å². The Hall–Kier alpha value is -3.70. The summed E-state index contributed by atoms with van der Waals surface area (Å²) in [4.78, 5) is 48.9. The lowest BCUT2D eigenvalue weighted by molar-refractivity contribution is -0.148. The maximum absolute atomic E-state index is 13.1. The number of hydrazone groups is 2. The van der Waals surface area contributed by atoms with E-state index >= 15 is 0 Å². The Bertz CT molecular complexity index is 841. The van der Waals surface area contributed by atoms with Crippen LogP contribution in [0.3, 0.4) is 0 Å². The number of hydrogen-bond acceptors (Lipinski definition) is 8. The third kappa shape index (κ3) is 7.24. The van der Waals surface area contributed by atoms with E-state index in [1.54, 1.807) is 6.07 Å². The van der Waals surface area contributed by atoms with Crippen LogP contribution in [-0.4, -0.2) is 74.6 Å². The number of alkyl halides is 2. The molecule has 12 heteroatoms. The third-order valence-electron chi connectivity index (χ3n) is 4.02. The zero-order valence-electron chi connectivity index (χ0n) is 17.1. The molecule has 0 radical (unpaired) electrons. The highest BCUT2D eigenvalue weighted by Gasteiger charge is 2.28. The fraction of sp³-hybridized carbons (Fsp3) is 0.368. The summed E-state index contributed by atoms with van der Waals surface area (Å²) in [6, 6.07) is 4.42. The SMILES string of the molecule is C=NN(N=C)c1ccccc1C(=O)N(CCC(=O)NC(C(C)=O)C(=O)OC)CC(F)F. The van der Waals surface area contributed by atoms with Crippen molar-refractivity contribution in [2.45, 2.75) is 25.8 Å². The first-order chi connectivity index (χ1) is 14.7. The molecule has 2 amide bonds. The van der Waals surface area contributed by atoms with Gasteiger partial charge in [0.1, 0.15) is 0 Å². The number of ether oxygens (including phenoxy) is 1. The topological polar surface area (TPSA) is 121 Å². The zero-order chi connectivity index (χ0) is 23.6. The first-order valence-electron chi connectivity index (χ1n) is 8.93. The van der Waals surface area contributed by atoms with Crippen LogP contribution in [-0.2, 0) is 19.1 Å². The van der Waals surface area contributed by atoms with E-state index in [-0.39, 0.29) is 11.3 Å². The number of hydrogen-bond donors (Lipinski definition) is 1. The van der Waals surface area contributed by atoms with Gasteiger partial charge in [0.2, 0.25) is 5.91 Å². The number of carbonyl (C=O) groups excluding carboxylic acids is 4. The summed E-state index contributed by atoms with van der Waals surface area (Å²) in [5.41, 5.74) is 0.142. The molecule has 1 N–H and O–H groups in total. The highest BCUT2D eigenvalue weighted by Crippen LogP contribution is 2.23. The summed E-state index contributed by atoms with van der Waals surface area (Å²) < 4.78 is 30.6. The van der Waals surface area contributed by atoms with E-state index < -0.39 is 55.5 Å². The van der Waals surface area contributed by atoms with Crippen molar-refractivity contribution in [1.82, 2.24) is 10.2 Å². The van der Waals surface area contributed by atoms with Gasteiger partial charge >= 0.3 is 5.97 Å². The maximum Gasteiger partial charge on any atom is 0.336 e. The lowest BCUT2D eigenvalue weighted by Gasteiger charge is -2.24. The first kappa shape index (κ1) is 25.3. The van der Waals surface area contributed by atoms with Crippen LogP contribution in [0.2, 0.25) is 0 Å². The maximum atomic E-state index is 13.1. The Morgan fingerprint density at radius 2 is 1.77 bits per heavy atom. The van der Waals surface area contributed by atoms with E-state index in [0.717, 1.165) is 24.1 Å². The second kappa shape index (κ2) is 12.1. The van der Waals surface area contributed by atoms with Gasteiger partial charge < -0.3 is 15.0 Å².